The molecule has 0 radical (unpaired) electrons. The highest BCUT2D eigenvalue weighted by Gasteiger charge is 2.13. The highest BCUT2D eigenvalue weighted by molar-refractivity contribution is 7.22. The molecule has 0 unspecified atom stereocenters. The van der Waals surface area contributed by atoms with Gasteiger partial charge in [-0.2, -0.15) is 0 Å². The molecule has 0 aliphatic rings. The Morgan fingerprint density at radius 2 is 2.33 bits per heavy atom. The molecule has 0 amide bonds. The first kappa shape index (κ1) is 8.43. The molecule has 0 aliphatic carbocycles. The molecule has 0 fully saturated rings. The summed E-state index contributed by atoms with van der Waals surface area (Å²) in [6.07, 6.45) is 4.87. The number of rotatable bonds is 1. The van der Waals surface area contributed by atoms with Crippen LogP contribution in [-0.2, 0) is 0 Å². The summed E-state index contributed by atoms with van der Waals surface area (Å²) in [5.74, 6) is 0.774. The molecule has 0 atom stereocenters. The lowest BCUT2D eigenvalue weighted by Gasteiger charge is -1.92. The SMILES string of the molecule is Nc1c(-c2ccco2)sc2ncncc12. The van der Waals surface area contributed by atoms with Crippen LogP contribution in [0.25, 0.3) is 20.9 Å². The second-order valence-corrected chi connectivity index (χ2v) is 4.06. The van der Waals surface area contributed by atoms with Gasteiger partial charge in [0.1, 0.15) is 16.9 Å². The van der Waals surface area contributed by atoms with Crippen molar-refractivity contribution in [2.24, 2.45) is 0 Å². The van der Waals surface area contributed by atoms with Crippen molar-refractivity contribution in [3.8, 4) is 10.6 Å². The summed E-state index contributed by atoms with van der Waals surface area (Å²) in [4.78, 5) is 9.91. The van der Waals surface area contributed by atoms with Crippen molar-refractivity contribution in [3.05, 3.63) is 30.9 Å². The molecule has 3 aromatic heterocycles. The van der Waals surface area contributed by atoms with E-state index < -0.39 is 0 Å². The Labute approximate surface area is 89.4 Å². The highest BCUT2D eigenvalue weighted by Crippen LogP contribution is 2.39. The second kappa shape index (κ2) is 3.06. The Kier molecular flexibility index (Phi) is 1.72. The average Bonchev–Trinajstić information content (AvgIpc) is 2.87. The largest absolute Gasteiger partial charge is 0.463 e. The van der Waals surface area contributed by atoms with E-state index in [9.17, 15) is 0 Å². The fourth-order valence-corrected chi connectivity index (χ4v) is 2.45. The third-order valence-corrected chi connectivity index (χ3v) is 3.30. The van der Waals surface area contributed by atoms with E-state index in [0.717, 1.165) is 20.9 Å². The molecular formula is C10H7N3OS. The summed E-state index contributed by atoms with van der Waals surface area (Å²) in [5, 5.41) is 0.883. The zero-order valence-corrected chi connectivity index (χ0v) is 8.49. The van der Waals surface area contributed by atoms with Gasteiger partial charge in [-0.05, 0) is 12.1 Å². The summed E-state index contributed by atoms with van der Waals surface area (Å²) in [6, 6.07) is 3.72. The molecule has 4 nitrogen and oxygen atoms in total. The zero-order chi connectivity index (χ0) is 10.3. The first-order valence-corrected chi connectivity index (χ1v) is 5.20. The molecule has 3 heterocycles. The normalized spacial score (nSPS) is 10.9. The van der Waals surface area contributed by atoms with E-state index >= 15 is 0 Å². The van der Waals surface area contributed by atoms with Crippen molar-refractivity contribution in [2.45, 2.75) is 0 Å². The van der Waals surface area contributed by atoms with E-state index in [0.29, 0.717) is 5.69 Å². The number of nitrogens with two attached hydrogens (primary N) is 1. The van der Waals surface area contributed by atoms with Crippen molar-refractivity contribution in [1.82, 2.24) is 9.97 Å². The Morgan fingerprint density at radius 3 is 3.07 bits per heavy atom. The van der Waals surface area contributed by atoms with Crippen LogP contribution in [0.1, 0.15) is 0 Å². The maximum atomic E-state index is 6.00. The van der Waals surface area contributed by atoms with E-state index in [1.165, 1.54) is 17.7 Å². The van der Waals surface area contributed by atoms with Gasteiger partial charge in [-0.25, -0.2) is 9.97 Å². The van der Waals surface area contributed by atoms with Gasteiger partial charge in [-0.15, -0.1) is 11.3 Å². The van der Waals surface area contributed by atoms with Crippen LogP contribution in [0.5, 0.6) is 0 Å². The van der Waals surface area contributed by atoms with Gasteiger partial charge in [0.25, 0.3) is 0 Å². The maximum Gasteiger partial charge on any atom is 0.146 e. The van der Waals surface area contributed by atoms with Gasteiger partial charge in [-0.1, -0.05) is 0 Å². The van der Waals surface area contributed by atoms with Gasteiger partial charge in [0, 0.05) is 6.20 Å². The Hall–Kier alpha value is -1.88. The Balaban J connectivity index is 2.33. The number of anilines is 1. The lowest BCUT2D eigenvalue weighted by Crippen LogP contribution is -1.85. The minimum atomic E-state index is 0.686. The van der Waals surface area contributed by atoms with Crippen LogP contribution in [0, 0.1) is 0 Å². The number of fused-ring (bicyclic) bond motifs is 1. The molecule has 2 N–H and O–H groups in total. The molecule has 0 saturated heterocycles. The fourth-order valence-electron chi connectivity index (χ4n) is 1.45. The smallest absolute Gasteiger partial charge is 0.146 e. The van der Waals surface area contributed by atoms with Crippen molar-refractivity contribution in [3.63, 3.8) is 0 Å². The first-order chi connectivity index (χ1) is 7.36. The predicted octanol–water partition coefficient (Wildman–Crippen LogP) is 2.53. The quantitative estimate of drug-likeness (QED) is 0.680. The Morgan fingerprint density at radius 1 is 1.40 bits per heavy atom. The molecular weight excluding hydrogens is 210 g/mol. The van der Waals surface area contributed by atoms with E-state index in [1.807, 2.05) is 12.1 Å². The number of thiophene rings is 1. The second-order valence-electron chi connectivity index (χ2n) is 3.06. The summed E-state index contributed by atoms with van der Waals surface area (Å²) in [7, 11) is 0. The summed E-state index contributed by atoms with van der Waals surface area (Å²) < 4.78 is 5.31. The fraction of sp³-hybridized carbons (Fsp3) is 0. The van der Waals surface area contributed by atoms with E-state index in [-0.39, 0.29) is 0 Å². The lowest BCUT2D eigenvalue weighted by atomic mass is 10.3. The van der Waals surface area contributed by atoms with Crippen molar-refractivity contribution < 1.29 is 4.42 Å². The topological polar surface area (TPSA) is 64.9 Å². The summed E-state index contributed by atoms with van der Waals surface area (Å²) >= 11 is 1.51. The van der Waals surface area contributed by atoms with E-state index in [4.69, 9.17) is 10.2 Å². The third-order valence-electron chi connectivity index (χ3n) is 2.15. The molecule has 74 valence electrons. The molecule has 3 aromatic rings. The first-order valence-electron chi connectivity index (χ1n) is 4.38. The van der Waals surface area contributed by atoms with Crippen LogP contribution in [-0.4, -0.2) is 9.97 Å². The van der Waals surface area contributed by atoms with Gasteiger partial charge in [0.05, 0.1) is 22.2 Å². The predicted molar refractivity (Wildman–Crippen MR) is 59.5 cm³/mol. The standard InChI is InChI=1S/C10H7N3OS/c11-8-6-4-12-5-13-10(6)15-9(8)7-2-1-3-14-7/h1-5H,11H2. The molecule has 3 rings (SSSR count). The number of aromatic nitrogens is 2. The monoisotopic (exact) mass is 217 g/mol. The van der Waals surface area contributed by atoms with Crippen LogP contribution in [0.4, 0.5) is 5.69 Å². The molecule has 0 aliphatic heterocycles. The van der Waals surface area contributed by atoms with Gasteiger partial charge in [0.2, 0.25) is 0 Å². The Bertz CT molecular complexity index is 600. The van der Waals surface area contributed by atoms with Crippen molar-refractivity contribution >= 4 is 27.2 Å². The van der Waals surface area contributed by atoms with Crippen LogP contribution in [0.15, 0.2) is 35.3 Å². The molecule has 15 heavy (non-hydrogen) atoms. The highest BCUT2D eigenvalue weighted by atomic mass is 32.1. The average molecular weight is 217 g/mol. The molecule has 0 saturated carbocycles. The summed E-state index contributed by atoms with van der Waals surface area (Å²) in [6.45, 7) is 0. The van der Waals surface area contributed by atoms with Crippen LogP contribution in [0.3, 0.4) is 0 Å². The molecule has 0 bridgehead atoms. The van der Waals surface area contributed by atoms with Crippen molar-refractivity contribution in [2.75, 3.05) is 5.73 Å². The third kappa shape index (κ3) is 1.20. The lowest BCUT2D eigenvalue weighted by molar-refractivity contribution is 0.584. The number of hydrogen-bond acceptors (Lipinski definition) is 5. The van der Waals surface area contributed by atoms with Gasteiger partial charge < -0.3 is 10.2 Å². The summed E-state index contributed by atoms with van der Waals surface area (Å²) in [5.41, 5.74) is 6.69. The van der Waals surface area contributed by atoms with Gasteiger partial charge in [0.15, 0.2) is 0 Å². The minimum Gasteiger partial charge on any atom is -0.463 e. The van der Waals surface area contributed by atoms with Gasteiger partial charge >= 0.3 is 0 Å². The molecule has 0 spiro atoms. The number of nitrogen functional groups attached to an aromatic ring is 1. The van der Waals surface area contributed by atoms with Gasteiger partial charge in [-0.3, -0.25) is 0 Å². The number of hydrogen-bond donors (Lipinski definition) is 1. The molecule has 5 heteroatoms. The van der Waals surface area contributed by atoms with Crippen LogP contribution >= 0.6 is 11.3 Å². The van der Waals surface area contributed by atoms with Crippen LogP contribution < -0.4 is 5.73 Å². The zero-order valence-electron chi connectivity index (χ0n) is 7.68. The maximum absolute atomic E-state index is 6.00. The van der Waals surface area contributed by atoms with E-state index in [2.05, 4.69) is 9.97 Å². The minimum absolute atomic E-state index is 0.686. The van der Waals surface area contributed by atoms with Crippen LogP contribution in [0.2, 0.25) is 0 Å². The number of furan rings is 1. The molecule has 0 aromatic carbocycles. The van der Waals surface area contributed by atoms with E-state index in [1.54, 1.807) is 12.5 Å². The van der Waals surface area contributed by atoms with Crippen molar-refractivity contribution in [1.29, 1.82) is 0 Å². The number of nitrogens with zero attached hydrogens (tertiary/aromatic N) is 2.